The first kappa shape index (κ1) is 15.2. The van der Waals surface area contributed by atoms with Crippen molar-refractivity contribution >= 4 is 23.2 Å². The van der Waals surface area contributed by atoms with Crippen LogP contribution in [0.15, 0.2) is 18.2 Å². The van der Waals surface area contributed by atoms with E-state index >= 15 is 0 Å². The van der Waals surface area contributed by atoms with E-state index in [1.54, 1.807) is 0 Å². The Morgan fingerprint density at radius 1 is 1.55 bits per heavy atom. The lowest BCUT2D eigenvalue weighted by Gasteiger charge is -2.48. The number of rotatable bonds is 4. The minimum absolute atomic E-state index is 0.110. The van der Waals surface area contributed by atoms with E-state index in [-0.39, 0.29) is 29.1 Å². The van der Waals surface area contributed by atoms with Gasteiger partial charge in [-0.2, -0.15) is 0 Å². The van der Waals surface area contributed by atoms with E-state index in [1.165, 1.54) is 12.1 Å². The molecule has 1 heterocycles. The molecule has 20 heavy (non-hydrogen) atoms. The molecule has 1 amide bonds. The summed E-state index contributed by atoms with van der Waals surface area (Å²) in [6, 6.07) is 4.09. The van der Waals surface area contributed by atoms with Gasteiger partial charge in [-0.25, -0.2) is 4.39 Å². The lowest BCUT2D eigenvalue weighted by atomic mass is 9.83. The first-order chi connectivity index (χ1) is 9.30. The number of β-amino-alcohol motifs (C(OH)–C–C–N with tert-alkyl or cyclic N) is 1. The Balaban J connectivity index is 1.85. The highest BCUT2D eigenvalue weighted by Gasteiger charge is 2.43. The zero-order valence-electron chi connectivity index (χ0n) is 11.5. The van der Waals surface area contributed by atoms with E-state index < -0.39 is 11.4 Å². The highest BCUT2D eigenvalue weighted by Crippen LogP contribution is 2.28. The van der Waals surface area contributed by atoms with Gasteiger partial charge in [-0.05, 0) is 24.1 Å². The smallest absolute Gasteiger partial charge is 0.238 e. The van der Waals surface area contributed by atoms with Crippen molar-refractivity contribution in [1.82, 2.24) is 4.90 Å². The van der Waals surface area contributed by atoms with Gasteiger partial charge in [0.1, 0.15) is 5.82 Å². The normalized spacial score (nSPS) is 17.9. The molecule has 110 valence electrons. The van der Waals surface area contributed by atoms with Crippen molar-refractivity contribution in [2.24, 2.45) is 5.92 Å². The minimum atomic E-state index is -0.716. The van der Waals surface area contributed by atoms with Crippen molar-refractivity contribution in [3.8, 4) is 0 Å². The Kier molecular flexibility index (Phi) is 4.32. The van der Waals surface area contributed by atoms with Crippen molar-refractivity contribution in [1.29, 1.82) is 0 Å². The summed E-state index contributed by atoms with van der Waals surface area (Å²) in [6.07, 6.45) is 0. The zero-order chi connectivity index (χ0) is 14.9. The summed E-state index contributed by atoms with van der Waals surface area (Å²) in [7, 11) is 0. The monoisotopic (exact) mass is 300 g/mol. The molecule has 4 nitrogen and oxygen atoms in total. The number of aliphatic hydroxyl groups is 1. The van der Waals surface area contributed by atoms with Gasteiger partial charge in [0.05, 0.1) is 17.8 Å². The molecule has 1 aromatic carbocycles. The van der Waals surface area contributed by atoms with Crippen LogP contribution in [0.1, 0.15) is 13.8 Å². The zero-order valence-corrected chi connectivity index (χ0v) is 12.2. The Hall–Kier alpha value is -1.17. The van der Waals surface area contributed by atoms with Crippen LogP contribution in [0.3, 0.4) is 0 Å². The van der Waals surface area contributed by atoms with E-state index in [1.807, 2.05) is 18.7 Å². The van der Waals surface area contributed by atoms with Crippen LogP contribution in [-0.2, 0) is 4.79 Å². The van der Waals surface area contributed by atoms with Crippen LogP contribution in [0, 0.1) is 11.7 Å². The van der Waals surface area contributed by atoms with Crippen LogP contribution in [0.4, 0.5) is 10.1 Å². The van der Waals surface area contributed by atoms with E-state index in [0.29, 0.717) is 13.1 Å². The SMILES string of the molecule is CC(C)C1(O)CN(CC(=O)Nc2ccc(Cl)cc2F)C1. The topological polar surface area (TPSA) is 52.6 Å². The summed E-state index contributed by atoms with van der Waals surface area (Å²) in [5.74, 6) is -0.722. The Morgan fingerprint density at radius 2 is 2.20 bits per heavy atom. The molecule has 2 N–H and O–H groups in total. The number of halogens is 2. The third-order valence-electron chi connectivity index (χ3n) is 3.64. The number of carbonyl (C=O) groups excluding carboxylic acids is 1. The van der Waals surface area contributed by atoms with Crippen LogP contribution >= 0.6 is 11.6 Å². The molecule has 0 saturated carbocycles. The van der Waals surface area contributed by atoms with Crippen molar-refractivity contribution < 1.29 is 14.3 Å². The average Bonchev–Trinajstić information content (AvgIpc) is 2.30. The summed E-state index contributed by atoms with van der Waals surface area (Å²) in [5, 5.41) is 12.9. The predicted octanol–water partition coefficient (Wildman–Crippen LogP) is 2.12. The number of nitrogens with zero attached hydrogens (tertiary/aromatic N) is 1. The van der Waals surface area contributed by atoms with Gasteiger partial charge in [0, 0.05) is 18.1 Å². The van der Waals surface area contributed by atoms with E-state index in [0.717, 1.165) is 6.07 Å². The number of anilines is 1. The molecule has 0 aromatic heterocycles. The third-order valence-corrected chi connectivity index (χ3v) is 3.88. The van der Waals surface area contributed by atoms with Crippen molar-refractivity contribution in [3.05, 3.63) is 29.0 Å². The molecule has 1 aliphatic heterocycles. The minimum Gasteiger partial charge on any atom is -0.387 e. The second-order valence-corrected chi connectivity index (χ2v) is 6.01. The van der Waals surface area contributed by atoms with Crippen LogP contribution < -0.4 is 5.32 Å². The summed E-state index contributed by atoms with van der Waals surface area (Å²) >= 11 is 5.64. The highest BCUT2D eigenvalue weighted by molar-refractivity contribution is 6.30. The van der Waals surface area contributed by atoms with E-state index in [2.05, 4.69) is 5.32 Å². The standard InChI is InChI=1S/C14H18ClFN2O2/c1-9(2)14(20)7-18(8-14)6-13(19)17-12-4-3-10(15)5-11(12)16/h3-5,9,20H,6-8H2,1-2H3,(H,17,19). The first-order valence-electron chi connectivity index (χ1n) is 6.50. The quantitative estimate of drug-likeness (QED) is 0.895. The van der Waals surface area contributed by atoms with Crippen LogP contribution in [0.2, 0.25) is 5.02 Å². The molecule has 6 heteroatoms. The summed E-state index contributed by atoms with van der Waals surface area (Å²) in [4.78, 5) is 13.6. The highest BCUT2D eigenvalue weighted by atomic mass is 35.5. The summed E-state index contributed by atoms with van der Waals surface area (Å²) in [6.45, 7) is 4.94. The third kappa shape index (κ3) is 3.29. The number of amides is 1. The van der Waals surface area contributed by atoms with Gasteiger partial charge < -0.3 is 10.4 Å². The van der Waals surface area contributed by atoms with Crippen LogP contribution in [-0.4, -0.2) is 41.1 Å². The molecule has 0 atom stereocenters. The fourth-order valence-electron chi connectivity index (χ4n) is 2.19. The maximum atomic E-state index is 13.5. The number of benzene rings is 1. The second kappa shape index (κ2) is 5.68. The Labute approximate surface area is 122 Å². The molecular weight excluding hydrogens is 283 g/mol. The van der Waals surface area contributed by atoms with Gasteiger partial charge in [0.15, 0.2) is 0 Å². The fourth-order valence-corrected chi connectivity index (χ4v) is 2.35. The first-order valence-corrected chi connectivity index (χ1v) is 6.87. The molecule has 1 saturated heterocycles. The largest absolute Gasteiger partial charge is 0.387 e. The predicted molar refractivity (Wildman–Crippen MR) is 76.3 cm³/mol. The molecule has 2 rings (SSSR count). The number of hydrogen-bond acceptors (Lipinski definition) is 3. The molecule has 0 spiro atoms. The number of likely N-dealkylation sites (tertiary alicyclic amines) is 1. The molecule has 0 bridgehead atoms. The Bertz CT molecular complexity index is 516. The average molecular weight is 301 g/mol. The molecule has 1 fully saturated rings. The lowest BCUT2D eigenvalue weighted by molar-refractivity contribution is -0.139. The number of carbonyl (C=O) groups is 1. The maximum absolute atomic E-state index is 13.5. The van der Waals surface area contributed by atoms with Gasteiger partial charge >= 0.3 is 0 Å². The molecular formula is C14H18ClFN2O2. The molecule has 0 aliphatic carbocycles. The summed E-state index contributed by atoms with van der Waals surface area (Å²) < 4.78 is 13.5. The number of hydrogen-bond donors (Lipinski definition) is 2. The number of nitrogens with one attached hydrogen (secondary N) is 1. The van der Waals surface area contributed by atoms with E-state index in [4.69, 9.17) is 11.6 Å². The summed E-state index contributed by atoms with van der Waals surface area (Å²) in [5.41, 5.74) is -0.606. The fraction of sp³-hybridized carbons (Fsp3) is 0.500. The van der Waals surface area contributed by atoms with Gasteiger partial charge in [-0.3, -0.25) is 9.69 Å². The van der Waals surface area contributed by atoms with Crippen LogP contribution in [0.25, 0.3) is 0 Å². The van der Waals surface area contributed by atoms with Gasteiger partial charge in [0.25, 0.3) is 0 Å². The Morgan fingerprint density at radius 3 is 2.75 bits per heavy atom. The van der Waals surface area contributed by atoms with Crippen molar-refractivity contribution in [3.63, 3.8) is 0 Å². The van der Waals surface area contributed by atoms with Crippen molar-refractivity contribution in [2.45, 2.75) is 19.4 Å². The van der Waals surface area contributed by atoms with Gasteiger partial charge in [-0.15, -0.1) is 0 Å². The second-order valence-electron chi connectivity index (χ2n) is 5.58. The molecule has 0 unspecified atom stereocenters. The van der Waals surface area contributed by atoms with Gasteiger partial charge in [0.2, 0.25) is 5.91 Å². The molecule has 0 radical (unpaired) electrons. The lowest BCUT2D eigenvalue weighted by Crippen LogP contribution is -2.65. The maximum Gasteiger partial charge on any atom is 0.238 e. The molecule has 1 aliphatic rings. The van der Waals surface area contributed by atoms with E-state index in [9.17, 15) is 14.3 Å². The van der Waals surface area contributed by atoms with Crippen LogP contribution in [0.5, 0.6) is 0 Å². The van der Waals surface area contributed by atoms with Crippen molar-refractivity contribution in [2.75, 3.05) is 25.0 Å². The van der Waals surface area contributed by atoms with Gasteiger partial charge in [-0.1, -0.05) is 25.4 Å². The molecule has 1 aromatic rings.